The summed E-state index contributed by atoms with van der Waals surface area (Å²) in [6, 6.07) is 2.44. The summed E-state index contributed by atoms with van der Waals surface area (Å²) in [5.74, 6) is 0.170. The Morgan fingerprint density at radius 1 is 1.25 bits per heavy atom. The first kappa shape index (κ1) is 15.1. The van der Waals surface area contributed by atoms with Crippen molar-refractivity contribution in [3.05, 3.63) is 17.5 Å². The molecule has 0 aliphatic heterocycles. The van der Waals surface area contributed by atoms with Gasteiger partial charge in [0.25, 0.3) is 0 Å². The molecule has 0 atom stereocenters. The van der Waals surface area contributed by atoms with Gasteiger partial charge in [-0.25, -0.2) is 0 Å². The molecule has 1 aliphatic carbocycles. The molecule has 1 saturated carbocycles. The van der Waals surface area contributed by atoms with Gasteiger partial charge in [-0.05, 0) is 32.8 Å². The van der Waals surface area contributed by atoms with Crippen molar-refractivity contribution < 1.29 is 4.79 Å². The van der Waals surface area contributed by atoms with Crippen LogP contribution in [0.4, 0.5) is 0 Å². The Labute approximate surface area is 121 Å². The Hall–Kier alpha value is -1.32. The van der Waals surface area contributed by atoms with Gasteiger partial charge in [-0.2, -0.15) is 5.10 Å². The van der Waals surface area contributed by atoms with E-state index in [0.717, 1.165) is 24.2 Å². The highest BCUT2D eigenvalue weighted by atomic mass is 16.1. The van der Waals surface area contributed by atoms with Crippen molar-refractivity contribution in [2.75, 3.05) is 0 Å². The summed E-state index contributed by atoms with van der Waals surface area (Å²) in [6.45, 7) is 4.70. The third-order valence-corrected chi connectivity index (χ3v) is 4.12. The van der Waals surface area contributed by atoms with Crippen molar-refractivity contribution >= 4 is 5.91 Å². The zero-order chi connectivity index (χ0) is 14.4. The van der Waals surface area contributed by atoms with Crippen LogP contribution in [-0.4, -0.2) is 21.7 Å². The second-order valence-corrected chi connectivity index (χ2v) is 6.01. The van der Waals surface area contributed by atoms with Crippen molar-refractivity contribution in [1.29, 1.82) is 0 Å². The number of rotatable bonds is 4. The van der Waals surface area contributed by atoms with Crippen LogP contribution in [0.1, 0.15) is 62.8 Å². The van der Waals surface area contributed by atoms with Crippen molar-refractivity contribution in [2.45, 2.75) is 77.8 Å². The molecule has 1 aliphatic rings. The molecule has 1 aromatic heterocycles. The fraction of sp³-hybridized carbons (Fsp3) is 0.750. The lowest BCUT2D eigenvalue weighted by Crippen LogP contribution is -2.35. The Balaban J connectivity index is 1.75. The average molecular weight is 277 g/mol. The van der Waals surface area contributed by atoms with Gasteiger partial charge in [0.05, 0.1) is 5.69 Å². The molecule has 4 heteroatoms. The monoisotopic (exact) mass is 277 g/mol. The third-order valence-electron chi connectivity index (χ3n) is 4.12. The van der Waals surface area contributed by atoms with E-state index in [-0.39, 0.29) is 5.91 Å². The highest BCUT2D eigenvalue weighted by molar-refractivity contribution is 5.76. The summed E-state index contributed by atoms with van der Waals surface area (Å²) in [7, 11) is 0. The van der Waals surface area contributed by atoms with Gasteiger partial charge in [-0.1, -0.05) is 32.1 Å². The Bertz CT molecular complexity index is 431. The van der Waals surface area contributed by atoms with E-state index >= 15 is 0 Å². The minimum absolute atomic E-state index is 0.170. The number of hydrogen-bond donors (Lipinski definition) is 1. The van der Waals surface area contributed by atoms with E-state index in [1.165, 1.54) is 32.1 Å². The number of hydrogen-bond acceptors (Lipinski definition) is 2. The van der Waals surface area contributed by atoms with Crippen LogP contribution in [0.2, 0.25) is 0 Å². The van der Waals surface area contributed by atoms with Crippen LogP contribution >= 0.6 is 0 Å². The molecule has 20 heavy (non-hydrogen) atoms. The Morgan fingerprint density at radius 2 is 1.90 bits per heavy atom. The minimum atomic E-state index is 0.170. The molecule has 0 bridgehead atoms. The number of nitrogens with one attached hydrogen (secondary N) is 1. The van der Waals surface area contributed by atoms with Crippen LogP contribution in [0.3, 0.4) is 0 Å². The largest absolute Gasteiger partial charge is 0.353 e. The van der Waals surface area contributed by atoms with E-state index < -0.39 is 0 Å². The maximum absolute atomic E-state index is 12.0. The van der Waals surface area contributed by atoms with Gasteiger partial charge in [0.15, 0.2) is 0 Å². The summed E-state index contributed by atoms with van der Waals surface area (Å²) in [5, 5.41) is 7.60. The summed E-state index contributed by atoms with van der Waals surface area (Å²) in [5.41, 5.74) is 2.14. The lowest BCUT2D eigenvalue weighted by atomic mass is 9.96. The molecule has 4 nitrogen and oxygen atoms in total. The number of aromatic nitrogens is 2. The molecule has 0 unspecified atom stereocenters. The fourth-order valence-corrected chi connectivity index (χ4v) is 3.01. The van der Waals surface area contributed by atoms with Gasteiger partial charge in [-0.15, -0.1) is 0 Å². The molecule has 0 saturated heterocycles. The Morgan fingerprint density at radius 3 is 2.50 bits per heavy atom. The second kappa shape index (κ2) is 7.46. The van der Waals surface area contributed by atoms with E-state index in [1.54, 1.807) is 0 Å². The van der Waals surface area contributed by atoms with Gasteiger partial charge in [-0.3, -0.25) is 9.48 Å². The van der Waals surface area contributed by atoms with Crippen molar-refractivity contribution in [1.82, 2.24) is 15.1 Å². The van der Waals surface area contributed by atoms with E-state index in [0.29, 0.717) is 19.0 Å². The smallest absolute Gasteiger partial charge is 0.222 e. The number of aryl methyl sites for hydroxylation is 3. The minimum Gasteiger partial charge on any atom is -0.353 e. The van der Waals surface area contributed by atoms with Crippen molar-refractivity contribution in [2.24, 2.45) is 0 Å². The highest BCUT2D eigenvalue weighted by Gasteiger charge is 2.14. The van der Waals surface area contributed by atoms with Gasteiger partial charge in [0.2, 0.25) is 5.91 Å². The fourth-order valence-electron chi connectivity index (χ4n) is 3.01. The standard InChI is InChI=1S/C16H27N3O/c1-13-12-14(2)19(18-13)11-10-16(20)17-15-8-6-4-3-5-7-9-15/h12,15H,3-11H2,1-2H3,(H,17,20). The first-order valence-electron chi connectivity index (χ1n) is 7.95. The molecular weight excluding hydrogens is 250 g/mol. The molecule has 0 radical (unpaired) electrons. The maximum atomic E-state index is 12.0. The summed E-state index contributed by atoms with van der Waals surface area (Å²) in [6.07, 6.45) is 9.31. The molecule has 1 aromatic rings. The average Bonchev–Trinajstić information content (AvgIpc) is 2.68. The molecule has 0 spiro atoms. The second-order valence-electron chi connectivity index (χ2n) is 6.01. The molecule has 1 heterocycles. The first-order chi connectivity index (χ1) is 9.65. The maximum Gasteiger partial charge on any atom is 0.222 e. The predicted molar refractivity (Wildman–Crippen MR) is 80.6 cm³/mol. The zero-order valence-corrected chi connectivity index (χ0v) is 12.8. The predicted octanol–water partition coefficient (Wildman–Crippen LogP) is 3.12. The van der Waals surface area contributed by atoms with Crippen LogP contribution in [0.15, 0.2) is 6.07 Å². The van der Waals surface area contributed by atoms with Crippen LogP contribution < -0.4 is 5.32 Å². The van der Waals surface area contributed by atoms with E-state index in [4.69, 9.17) is 0 Å². The zero-order valence-electron chi connectivity index (χ0n) is 12.8. The number of carbonyl (C=O) groups is 1. The molecule has 112 valence electrons. The van der Waals surface area contributed by atoms with Crippen LogP contribution in [0.25, 0.3) is 0 Å². The summed E-state index contributed by atoms with van der Waals surface area (Å²) >= 11 is 0. The van der Waals surface area contributed by atoms with Gasteiger partial charge < -0.3 is 5.32 Å². The number of nitrogens with zero attached hydrogens (tertiary/aromatic N) is 2. The van der Waals surface area contributed by atoms with Crippen molar-refractivity contribution in [3.63, 3.8) is 0 Å². The lowest BCUT2D eigenvalue weighted by Gasteiger charge is -2.21. The van der Waals surface area contributed by atoms with E-state index in [2.05, 4.69) is 10.4 Å². The third kappa shape index (κ3) is 4.66. The topological polar surface area (TPSA) is 46.9 Å². The quantitative estimate of drug-likeness (QED) is 0.919. The molecule has 0 aromatic carbocycles. The van der Waals surface area contributed by atoms with E-state index in [9.17, 15) is 4.79 Å². The number of carbonyl (C=O) groups excluding carboxylic acids is 1. The number of amides is 1. The summed E-state index contributed by atoms with van der Waals surface area (Å²) in [4.78, 5) is 12.0. The molecule has 1 fully saturated rings. The van der Waals surface area contributed by atoms with Gasteiger partial charge >= 0.3 is 0 Å². The first-order valence-corrected chi connectivity index (χ1v) is 7.95. The van der Waals surface area contributed by atoms with Crippen LogP contribution in [-0.2, 0) is 11.3 Å². The molecule has 2 rings (SSSR count). The summed E-state index contributed by atoms with van der Waals surface area (Å²) < 4.78 is 1.92. The Kier molecular flexibility index (Phi) is 5.62. The van der Waals surface area contributed by atoms with E-state index in [1.807, 2.05) is 24.6 Å². The van der Waals surface area contributed by atoms with Gasteiger partial charge in [0, 0.05) is 24.7 Å². The molecular formula is C16H27N3O. The van der Waals surface area contributed by atoms with Crippen LogP contribution in [0.5, 0.6) is 0 Å². The molecule has 1 N–H and O–H groups in total. The SMILES string of the molecule is Cc1cc(C)n(CCC(=O)NC2CCCCCCC2)n1. The highest BCUT2D eigenvalue weighted by Crippen LogP contribution is 2.17. The van der Waals surface area contributed by atoms with Gasteiger partial charge in [0.1, 0.15) is 0 Å². The lowest BCUT2D eigenvalue weighted by molar-refractivity contribution is -0.122. The molecule has 1 amide bonds. The normalized spacial score (nSPS) is 17.5. The van der Waals surface area contributed by atoms with Crippen molar-refractivity contribution in [3.8, 4) is 0 Å². The van der Waals surface area contributed by atoms with Crippen LogP contribution in [0, 0.1) is 13.8 Å².